The summed E-state index contributed by atoms with van der Waals surface area (Å²) in [7, 11) is 1.86. The summed E-state index contributed by atoms with van der Waals surface area (Å²) >= 11 is 3.15. The number of hydrogen-bond donors (Lipinski definition) is 1. The van der Waals surface area contributed by atoms with Crippen LogP contribution in [0.2, 0.25) is 0 Å². The van der Waals surface area contributed by atoms with Gasteiger partial charge in [-0.1, -0.05) is 0 Å². The average molecular weight is 186 g/mol. The van der Waals surface area contributed by atoms with E-state index in [9.17, 15) is 0 Å². The average Bonchev–Trinajstić information content (AvgIpc) is 1.80. The zero-order valence-corrected chi connectivity index (χ0v) is 6.51. The van der Waals surface area contributed by atoms with Crippen LogP contribution in [-0.4, -0.2) is 17.8 Å². The van der Waals surface area contributed by atoms with E-state index in [1.54, 1.807) is 6.20 Å². The van der Waals surface area contributed by atoms with Crippen molar-refractivity contribution in [3.05, 3.63) is 10.8 Å². The summed E-state index contributed by atoms with van der Waals surface area (Å²) < 4.78 is 0.613. The predicted molar refractivity (Wildman–Crippen MR) is 42.3 cm³/mol. The molecule has 0 aliphatic carbocycles. The Bertz CT molecular complexity index is 227. The molecule has 0 unspecified atom stereocenters. The molecule has 0 bridgehead atoms. The van der Waals surface area contributed by atoms with Gasteiger partial charge in [0.25, 0.3) is 0 Å². The van der Waals surface area contributed by atoms with Gasteiger partial charge in [-0.15, -0.1) is 0 Å². The molecule has 0 amide bonds. The normalized spacial score (nSPS) is 9.44. The maximum atomic E-state index is 5.37. The van der Waals surface area contributed by atoms with Gasteiger partial charge in [0.1, 0.15) is 4.60 Å². The van der Waals surface area contributed by atoms with Crippen LogP contribution >= 0.6 is 15.9 Å². The largest absolute Gasteiger partial charge is 0.381 e. The fraction of sp³-hybridized carbons (Fsp3) is 0. The van der Waals surface area contributed by atoms with Crippen LogP contribution in [0.4, 0.5) is 5.82 Å². The van der Waals surface area contributed by atoms with E-state index >= 15 is 0 Å². The molecule has 46 valence electrons. The third-order valence-electron chi connectivity index (χ3n) is 0.876. The highest BCUT2D eigenvalue weighted by atomic mass is 79.9. The monoisotopic (exact) mass is 185 g/mol. The highest BCUT2D eigenvalue weighted by Gasteiger charge is 1.95. The first-order valence-corrected chi connectivity index (χ1v) is 3.24. The maximum Gasteiger partial charge on any atom is 0.166 e. The molecule has 0 atom stereocenters. The molecule has 1 aromatic heterocycles. The minimum absolute atomic E-state index is 0.431. The minimum Gasteiger partial charge on any atom is -0.381 e. The number of anilines is 1. The van der Waals surface area contributed by atoms with E-state index in [0.29, 0.717) is 10.4 Å². The summed E-state index contributed by atoms with van der Waals surface area (Å²) in [4.78, 5) is 7.85. The highest BCUT2D eigenvalue weighted by molar-refractivity contribution is 9.10. The molecular formula is C4H5BBrN3. The maximum absolute atomic E-state index is 5.37. The predicted octanol–water partition coefficient (Wildman–Crippen LogP) is -0.920. The van der Waals surface area contributed by atoms with Crippen LogP contribution in [0, 0.1) is 0 Å². The summed E-state index contributed by atoms with van der Waals surface area (Å²) in [5, 5.41) is 0. The van der Waals surface area contributed by atoms with Crippen LogP contribution in [0.5, 0.6) is 0 Å². The van der Waals surface area contributed by atoms with Gasteiger partial charge >= 0.3 is 0 Å². The second kappa shape index (κ2) is 2.35. The number of nitrogens with two attached hydrogens (primary N) is 1. The van der Waals surface area contributed by atoms with Crippen molar-refractivity contribution in [3.8, 4) is 0 Å². The lowest BCUT2D eigenvalue weighted by atomic mass is 10.1. The Labute approximate surface area is 62.2 Å². The topological polar surface area (TPSA) is 51.8 Å². The van der Waals surface area contributed by atoms with E-state index in [1.165, 1.54) is 0 Å². The van der Waals surface area contributed by atoms with E-state index in [4.69, 9.17) is 5.73 Å². The first-order valence-electron chi connectivity index (χ1n) is 2.45. The molecule has 0 saturated heterocycles. The lowest BCUT2D eigenvalue weighted by Gasteiger charge is -1.94. The van der Waals surface area contributed by atoms with Gasteiger partial charge in [-0.3, -0.25) is 4.98 Å². The van der Waals surface area contributed by atoms with Crippen molar-refractivity contribution in [2.45, 2.75) is 0 Å². The number of nitrogens with zero attached hydrogens (tertiary/aromatic N) is 2. The van der Waals surface area contributed by atoms with Crippen molar-refractivity contribution in [2.75, 3.05) is 5.73 Å². The van der Waals surface area contributed by atoms with Crippen molar-refractivity contribution in [3.63, 3.8) is 0 Å². The summed E-state index contributed by atoms with van der Waals surface area (Å²) in [6.45, 7) is 0. The lowest BCUT2D eigenvalue weighted by molar-refractivity contribution is 1.22. The van der Waals surface area contributed by atoms with Crippen LogP contribution in [0.15, 0.2) is 10.8 Å². The zero-order valence-electron chi connectivity index (χ0n) is 4.93. The summed E-state index contributed by atoms with van der Waals surface area (Å²) in [6, 6.07) is 0. The Morgan fingerprint density at radius 2 is 2.33 bits per heavy atom. The number of hydrogen-bond acceptors (Lipinski definition) is 3. The highest BCUT2D eigenvalue weighted by Crippen LogP contribution is 2.08. The van der Waals surface area contributed by atoms with E-state index < -0.39 is 0 Å². The molecule has 0 spiro atoms. The quantitative estimate of drug-likeness (QED) is 0.533. The summed E-state index contributed by atoms with van der Waals surface area (Å²) in [5.74, 6) is 0.431. The van der Waals surface area contributed by atoms with Gasteiger partial charge in [-0.05, 0) is 15.9 Å². The third kappa shape index (κ3) is 1.42. The fourth-order valence-electron chi connectivity index (χ4n) is 0.457. The minimum atomic E-state index is 0.431. The van der Waals surface area contributed by atoms with E-state index in [2.05, 4.69) is 25.9 Å². The van der Waals surface area contributed by atoms with Gasteiger partial charge in [-0.2, -0.15) is 0 Å². The Balaban J connectivity index is 3.17. The van der Waals surface area contributed by atoms with Crippen molar-refractivity contribution in [2.24, 2.45) is 0 Å². The second-order valence-electron chi connectivity index (χ2n) is 1.69. The molecule has 1 aromatic rings. The molecule has 0 aromatic carbocycles. The van der Waals surface area contributed by atoms with E-state index in [-0.39, 0.29) is 0 Å². The van der Waals surface area contributed by atoms with Crippen LogP contribution < -0.4 is 11.3 Å². The molecule has 1 heterocycles. The first kappa shape index (κ1) is 6.54. The van der Waals surface area contributed by atoms with E-state index in [1.807, 2.05) is 7.85 Å². The third-order valence-corrected chi connectivity index (χ3v) is 1.46. The number of halogens is 1. The Hall–Kier alpha value is -0.575. The van der Waals surface area contributed by atoms with E-state index in [0.717, 1.165) is 5.59 Å². The van der Waals surface area contributed by atoms with Crippen molar-refractivity contribution in [1.82, 2.24) is 9.97 Å². The molecule has 1 rings (SSSR count). The molecule has 0 saturated carbocycles. The molecule has 5 heteroatoms. The van der Waals surface area contributed by atoms with Crippen molar-refractivity contribution in [1.29, 1.82) is 0 Å². The lowest BCUT2D eigenvalue weighted by Crippen LogP contribution is -2.10. The van der Waals surface area contributed by atoms with Crippen LogP contribution in [0.3, 0.4) is 0 Å². The smallest absolute Gasteiger partial charge is 0.166 e. The fourth-order valence-corrected chi connectivity index (χ4v) is 0.839. The first-order chi connectivity index (χ1) is 4.20. The molecule has 2 N–H and O–H groups in total. The summed E-state index contributed by atoms with van der Waals surface area (Å²) in [5.41, 5.74) is 6.23. The molecule has 0 aliphatic heterocycles. The van der Waals surface area contributed by atoms with Gasteiger partial charge in [0, 0.05) is 11.8 Å². The standard InChI is InChI=1S/C4H5BBrN3/c5-2-1-8-4(7)3(6)9-2/h1H,5H2,(H2,7,8). The molecule has 9 heavy (non-hydrogen) atoms. The number of aromatic nitrogens is 2. The second-order valence-corrected chi connectivity index (χ2v) is 2.44. The van der Waals surface area contributed by atoms with Crippen molar-refractivity contribution < 1.29 is 0 Å². The Kier molecular flexibility index (Phi) is 1.71. The Morgan fingerprint density at radius 3 is 2.78 bits per heavy atom. The molecule has 0 radical (unpaired) electrons. The molecule has 3 nitrogen and oxygen atoms in total. The van der Waals surface area contributed by atoms with Crippen LogP contribution in [-0.2, 0) is 0 Å². The van der Waals surface area contributed by atoms with Gasteiger partial charge in [0.15, 0.2) is 13.7 Å². The SMILES string of the molecule is Bc1cnc(N)c(Br)n1. The molecular weight excluding hydrogens is 181 g/mol. The van der Waals surface area contributed by atoms with Crippen LogP contribution in [0.25, 0.3) is 0 Å². The van der Waals surface area contributed by atoms with Gasteiger partial charge in [0.2, 0.25) is 0 Å². The number of rotatable bonds is 0. The Morgan fingerprint density at radius 1 is 1.67 bits per heavy atom. The summed E-state index contributed by atoms with van der Waals surface area (Å²) in [6.07, 6.45) is 1.63. The van der Waals surface area contributed by atoms with Gasteiger partial charge in [0.05, 0.1) is 0 Å². The number of nitrogen functional groups attached to an aromatic ring is 1. The van der Waals surface area contributed by atoms with Gasteiger partial charge < -0.3 is 5.73 Å². The molecule has 0 aliphatic rings. The van der Waals surface area contributed by atoms with Crippen LogP contribution in [0.1, 0.15) is 0 Å². The molecule has 0 fully saturated rings. The van der Waals surface area contributed by atoms with Gasteiger partial charge in [-0.25, -0.2) is 4.98 Å². The zero-order chi connectivity index (χ0) is 6.85. The van der Waals surface area contributed by atoms with Crippen molar-refractivity contribution >= 4 is 35.2 Å².